The van der Waals surface area contributed by atoms with Crippen molar-refractivity contribution in [1.29, 1.82) is 0 Å². The lowest BCUT2D eigenvalue weighted by atomic mass is 10.1. The maximum Gasteiger partial charge on any atom is 0.271 e. The largest absolute Gasteiger partial charge is 0.391 e. The molecular formula is C15H17ClF2N4O2. The number of hydrogen-bond donors (Lipinski definition) is 3. The molecule has 0 spiro atoms. The smallest absolute Gasteiger partial charge is 0.271 e. The number of nitrogens with zero attached hydrogens (tertiary/aromatic N) is 2. The first-order valence-electron chi connectivity index (χ1n) is 7.23. The number of hydrogen-bond acceptors (Lipinski definition) is 4. The first-order valence-corrected chi connectivity index (χ1v) is 7.23. The van der Waals surface area contributed by atoms with Crippen molar-refractivity contribution in [2.45, 2.75) is 6.10 Å². The molecule has 2 aromatic rings. The summed E-state index contributed by atoms with van der Waals surface area (Å²) in [4.78, 5) is 12.0. The Balaban J connectivity index is 0.00000208. The molecule has 1 aliphatic rings. The summed E-state index contributed by atoms with van der Waals surface area (Å²) in [6.07, 6.45) is 0.822. The van der Waals surface area contributed by atoms with Crippen molar-refractivity contribution in [2.24, 2.45) is 5.92 Å². The van der Waals surface area contributed by atoms with Crippen molar-refractivity contribution in [3.8, 4) is 5.69 Å². The second-order valence-corrected chi connectivity index (χ2v) is 5.41. The van der Waals surface area contributed by atoms with E-state index >= 15 is 0 Å². The van der Waals surface area contributed by atoms with Crippen LogP contribution in [0.25, 0.3) is 5.69 Å². The Bertz CT molecular complexity index is 705. The molecule has 1 amide bonds. The molecule has 1 saturated heterocycles. The highest BCUT2D eigenvalue weighted by Gasteiger charge is 2.25. The molecule has 0 radical (unpaired) electrons. The van der Waals surface area contributed by atoms with Gasteiger partial charge in [0.05, 0.1) is 6.10 Å². The summed E-state index contributed by atoms with van der Waals surface area (Å²) < 4.78 is 28.4. The summed E-state index contributed by atoms with van der Waals surface area (Å²) in [5.74, 6) is -2.05. The molecule has 2 heterocycles. The zero-order valence-electron chi connectivity index (χ0n) is 12.6. The molecule has 2 unspecified atom stereocenters. The van der Waals surface area contributed by atoms with Gasteiger partial charge in [-0.25, -0.2) is 13.5 Å². The van der Waals surface area contributed by atoms with Crippen LogP contribution < -0.4 is 10.6 Å². The number of amides is 1. The minimum Gasteiger partial charge on any atom is -0.391 e. The normalized spacial score (nSPS) is 19.8. The Morgan fingerprint density at radius 3 is 2.67 bits per heavy atom. The van der Waals surface area contributed by atoms with E-state index in [-0.39, 0.29) is 29.7 Å². The van der Waals surface area contributed by atoms with Gasteiger partial charge < -0.3 is 15.7 Å². The number of halogens is 3. The van der Waals surface area contributed by atoms with E-state index in [2.05, 4.69) is 15.7 Å². The molecule has 1 aromatic carbocycles. The fraction of sp³-hybridized carbons (Fsp3) is 0.333. The van der Waals surface area contributed by atoms with Gasteiger partial charge in [0, 0.05) is 31.7 Å². The molecule has 24 heavy (non-hydrogen) atoms. The molecule has 0 bridgehead atoms. The third-order valence-electron chi connectivity index (χ3n) is 3.82. The Labute approximate surface area is 143 Å². The van der Waals surface area contributed by atoms with E-state index in [1.807, 2.05) is 0 Å². The van der Waals surface area contributed by atoms with Crippen molar-refractivity contribution in [3.05, 3.63) is 47.8 Å². The van der Waals surface area contributed by atoms with Crippen LogP contribution in [-0.4, -0.2) is 46.5 Å². The lowest BCUT2D eigenvalue weighted by Gasteiger charge is -2.13. The molecule has 1 aromatic heterocycles. The average molecular weight is 359 g/mol. The third-order valence-corrected chi connectivity index (χ3v) is 3.82. The van der Waals surface area contributed by atoms with Gasteiger partial charge in [0.15, 0.2) is 17.3 Å². The molecule has 0 saturated carbocycles. The minimum atomic E-state index is -0.764. The molecule has 3 N–H and O–H groups in total. The van der Waals surface area contributed by atoms with Gasteiger partial charge in [-0.1, -0.05) is 6.07 Å². The number of para-hydroxylation sites is 1. The third kappa shape index (κ3) is 3.72. The van der Waals surface area contributed by atoms with Crippen LogP contribution in [0.5, 0.6) is 0 Å². The summed E-state index contributed by atoms with van der Waals surface area (Å²) in [6.45, 7) is 1.42. The van der Waals surface area contributed by atoms with E-state index in [1.165, 1.54) is 18.3 Å². The summed E-state index contributed by atoms with van der Waals surface area (Å²) in [5, 5.41) is 19.3. The number of rotatable bonds is 4. The van der Waals surface area contributed by atoms with Crippen LogP contribution in [0.15, 0.2) is 30.5 Å². The van der Waals surface area contributed by atoms with Crippen molar-refractivity contribution in [1.82, 2.24) is 20.4 Å². The van der Waals surface area contributed by atoms with Crippen LogP contribution in [0, 0.1) is 17.6 Å². The fourth-order valence-electron chi connectivity index (χ4n) is 2.52. The van der Waals surface area contributed by atoms with Gasteiger partial charge in [-0.15, -0.1) is 12.4 Å². The summed E-state index contributed by atoms with van der Waals surface area (Å²) >= 11 is 0. The molecule has 3 rings (SSSR count). The number of carbonyl (C=O) groups excluding carboxylic acids is 1. The number of aliphatic hydroxyl groups excluding tert-OH is 1. The fourth-order valence-corrected chi connectivity index (χ4v) is 2.52. The zero-order valence-corrected chi connectivity index (χ0v) is 13.4. The molecule has 1 fully saturated rings. The topological polar surface area (TPSA) is 79.2 Å². The molecule has 130 valence electrons. The number of nitrogens with one attached hydrogen (secondary N) is 2. The van der Waals surface area contributed by atoms with Crippen LogP contribution in [-0.2, 0) is 0 Å². The van der Waals surface area contributed by atoms with Crippen LogP contribution in [0.4, 0.5) is 8.78 Å². The predicted molar refractivity (Wildman–Crippen MR) is 85.4 cm³/mol. The van der Waals surface area contributed by atoms with Gasteiger partial charge in [0.25, 0.3) is 5.91 Å². The number of aliphatic hydroxyl groups is 1. The molecule has 0 aliphatic carbocycles. The second-order valence-electron chi connectivity index (χ2n) is 5.41. The van der Waals surface area contributed by atoms with Gasteiger partial charge in [0.2, 0.25) is 0 Å². The highest BCUT2D eigenvalue weighted by Crippen LogP contribution is 2.17. The van der Waals surface area contributed by atoms with E-state index in [1.54, 1.807) is 0 Å². The van der Waals surface area contributed by atoms with Crippen LogP contribution in [0.3, 0.4) is 0 Å². The van der Waals surface area contributed by atoms with Gasteiger partial charge in [-0.2, -0.15) is 5.10 Å². The standard InChI is InChI=1S/C15H16F2N4O2.ClH/c16-10-2-1-3-11(17)14(10)21-5-4-12(20-21)15(23)19-7-9-6-18-8-13(9)22;/h1-5,9,13,18,22H,6-8H2,(H,19,23);1H. The quantitative estimate of drug-likeness (QED) is 0.758. The first kappa shape index (κ1) is 18.3. The van der Waals surface area contributed by atoms with E-state index in [9.17, 15) is 18.7 Å². The van der Waals surface area contributed by atoms with Crippen molar-refractivity contribution >= 4 is 18.3 Å². The number of benzene rings is 1. The van der Waals surface area contributed by atoms with Crippen LogP contribution in [0.2, 0.25) is 0 Å². The maximum atomic E-state index is 13.7. The zero-order chi connectivity index (χ0) is 16.4. The van der Waals surface area contributed by atoms with Gasteiger partial charge in [-0.3, -0.25) is 4.79 Å². The molecule has 1 aliphatic heterocycles. The monoisotopic (exact) mass is 358 g/mol. The second kappa shape index (κ2) is 7.69. The lowest BCUT2D eigenvalue weighted by molar-refractivity contribution is 0.0921. The number of aromatic nitrogens is 2. The van der Waals surface area contributed by atoms with E-state index in [0.717, 1.165) is 16.8 Å². The Kier molecular flexibility index (Phi) is 5.87. The van der Waals surface area contributed by atoms with Crippen molar-refractivity contribution in [3.63, 3.8) is 0 Å². The SMILES string of the molecule is Cl.O=C(NCC1CNCC1O)c1ccn(-c2c(F)cccc2F)n1. The Morgan fingerprint density at radius 2 is 2.04 bits per heavy atom. The average Bonchev–Trinajstić information content (AvgIpc) is 3.14. The summed E-state index contributed by atoms with van der Waals surface area (Å²) in [7, 11) is 0. The first-order chi connectivity index (χ1) is 11.1. The van der Waals surface area contributed by atoms with Gasteiger partial charge in [0.1, 0.15) is 5.69 Å². The lowest BCUT2D eigenvalue weighted by Crippen LogP contribution is -2.34. The summed E-state index contributed by atoms with van der Waals surface area (Å²) in [5.41, 5.74) is -0.282. The van der Waals surface area contributed by atoms with Gasteiger partial charge in [-0.05, 0) is 18.2 Å². The van der Waals surface area contributed by atoms with E-state index in [0.29, 0.717) is 19.6 Å². The maximum absolute atomic E-state index is 13.7. The molecular weight excluding hydrogens is 342 g/mol. The minimum absolute atomic E-state index is 0. The van der Waals surface area contributed by atoms with E-state index < -0.39 is 23.6 Å². The summed E-state index contributed by atoms with van der Waals surface area (Å²) in [6, 6.07) is 4.87. The number of carbonyl (C=O) groups is 1. The van der Waals surface area contributed by atoms with Crippen LogP contribution in [0.1, 0.15) is 10.5 Å². The highest BCUT2D eigenvalue weighted by atomic mass is 35.5. The highest BCUT2D eigenvalue weighted by molar-refractivity contribution is 5.92. The van der Waals surface area contributed by atoms with Crippen molar-refractivity contribution in [2.75, 3.05) is 19.6 Å². The Morgan fingerprint density at radius 1 is 1.33 bits per heavy atom. The number of β-amino-alcohol motifs (C(OH)–C–C–N with tert-alkyl or cyclic N) is 1. The molecule has 2 atom stereocenters. The molecule has 6 nitrogen and oxygen atoms in total. The van der Waals surface area contributed by atoms with Gasteiger partial charge >= 0.3 is 0 Å². The molecule has 9 heteroatoms. The van der Waals surface area contributed by atoms with Crippen molar-refractivity contribution < 1.29 is 18.7 Å². The predicted octanol–water partition coefficient (Wildman–Crippen LogP) is 0.882. The Hall–Kier alpha value is -2.03. The van der Waals surface area contributed by atoms with E-state index in [4.69, 9.17) is 0 Å². The van der Waals surface area contributed by atoms with Crippen LogP contribution >= 0.6 is 12.4 Å².